The zero-order chi connectivity index (χ0) is 22.6. The number of hydrogen-bond donors (Lipinski definition) is 2. The fraction of sp³-hybridized carbons (Fsp3) is 0.423. The van der Waals surface area contributed by atoms with Crippen LogP contribution in [0.15, 0.2) is 54.7 Å². The van der Waals surface area contributed by atoms with Crippen molar-refractivity contribution in [2.45, 2.75) is 39.5 Å². The first-order valence-electron chi connectivity index (χ1n) is 11.5. The van der Waals surface area contributed by atoms with E-state index in [0.29, 0.717) is 13.1 Å². The summed E-state index contributed by atoms with van der Waals surface area (Å²) in [5.74, 6) is 0. The van der Waals surface area contributed by atoms with E-state index in [4.69, 9.17) is 4.74 Å². The summed E-state index contributed by atoms with van der Waals surface area (Å²) in [5, 5.41) is 7.54. The molecule has 0 radical (unpaired) electrons. The van der Waals surface area contributed by atoms with Crippen LogP contribution >= 0.6 is 0 Å². The zero-order valence-corrected chi connectivity index (χ0v) is 19.4. The van der Waals surface area contributed by atoms with Crippen LogP contribution in [0.3, 0.4) is 0 Å². The lowest BCUT2D eigenvalue weighted by molar-refractivity contribution is 0.0526. The van der Waals surface area contributed by atoms with Crippen molar-refractivity contribution in [1.29, 1.82) is 0 Å². The lowest BCUT2D eigenvalue weighted by Crippen LogP contribution is -2.42. The van der Waals surface area contributed by atoms with Crippen LogP contribution in [0.5, 0.6) is 0 Å². The second-order valence-electron chi connectivity index (χ2n) is 9.41. The highest BCUT2D eigenvalue weighted by Gasteiger charge is 2.17. The van der Waals surface area contributed by atoms with Crippen LogP contribution in [0.1, 0.15) is 26.3 Å². The van der Waals surface area contributed by atoms with Crippen LogP contribution in [-0.4, -0.2) is 53.9 Å². The van der Waals surface area contributed by atoms with Crippen LogP contribution < -0.4 is 10.6 Å². The van der Waals surface area contributed by atoms with E-state index >= 15 is 0 Å². The maximum absolute atomic E-state index is 12.0. The molecule has 0 atom stereocenters. The first kappa shape index (κ1) is 22.4. The van der Waals surface area contributed by atoms with Crippen molar-refractivity contribution in [3.63, 3.8) is 0 Å². The van der Waals surface area contributed by atoms with Gasteiger partial charge in [-0.05, 0) is 44.0 Å². The molecular weight excluding hydrogens is 400 g/mol. The quantitative estimate of drug-likeness (QED) is 0.609. The standard InChI is InChI=1S/C26H34N4O2/c1-26(2,3)32-25(31)28-13-16-30-19-23(21-7-5-4-6-8-21)22-17-20(9-10-24(22)30)18-29-14-11-27-12-15-29/h4-10,17,19,27H,11-16,18H2,1-3H3,(H,28,31). The molecule has 0 aliphatic carbocycles. The Morgan fingerprint density at radius 3 is 2.56 bits per heavy atom. The number of piperazine rings is 1. The number of aromatic nitrogens is 1. The van der Waals surface area contributed by atoms with E-state index in [1.807, 2.05) is 26.8 Å². The molecule has 0 spiro atoms. The van der Waals surface area contributed by atoms with Gasteiger partial charge in [0, 0.05) is 68.5 Å². The molecule has 1 fully saturated rings. The topological polar surface area (TPSA) is 58.5 Å². The van der Waals surface area contributed by atoms with Gasteiger partial charge in [0.2, 0.25) is 0 Å². The largest absolute Gasteiger partial charge is 0.444 e. The van der Waals surface area contributed by atoms with Gasteiger partial charge in [0.25, 0.3) is 0 Å². The molecule has 6 heteroatoms. The van der Waals surface area contributed by atoms with Gasteiger partial charge in [0.1, 0.15) is 5.60 Å². The summed E-state index contributed by atoms with van der Waals surface area (Å²) in [5.41, 5.74) is 4.45. The molecular formula is C26H34N4O2. The fourth-order valence-electron chi connectivity index (χ4n) is 4.20. The van der Waals surface area contributed by atoms with Gasteiger partial charge in [0.15, 0.2) is 0 Å². The minimum Gasteiger partial charge on any atom is -0.444 e. The summed E-state index contributed by atoms with van der Waals surface area (Å²) in [6.07, 6.45) is 1.82. The Morgan fingerprint density at radius 2 is 1.84 bits per heavy atom. The number of benzene rings is 2. The lowest BCUT2D eigenvalue weighted by Gasteiger charge is -2.27. The van der Waals surface area contributed by atoms with Gasteiger partial charge in [-0.25, -0.2) is 4.79 Å². The molecule has 0 bridgehead atoms. The van der Waals surface area contributed by atoms with E-state index in [1.165, 1.54) is 27.6 Å². The highest BCUT2D eigenvalue weighted by Crippen LogP contribution is 2.31. The summed E-state index contributed by atoms with van der Waals surface area (Å²) >= 11 is 0. The summed E-state index contributed by atoms with van der Waals surface area (Å²) in [7, 11) is 0. The molecule has 2 N–H and O–H groups in total. The number of hydrogen-bond acceptors (Lipinski definition) is 4. The maximum atomic E-state index is 12.0. The predicted molar refractivity (Wildman–Crippen MR) is 130 cm³/mol. The summed E-state index contributed by atoms with van der Waals surface area (Å²) < 4.78 is 7.58. The van der Waals surface area contributed by atoms with E-state index in [1.54, 1.807) is 0 Å². The van der Waals surface area contributed by atoms with Gasteiger partial charge in [-0.3, -0.25) is 4.90 Å². The maximum Gasteiger partial charge on any atom is 0.407 e. The summed E-state index contributed by atoms with van der Waals surface area (Å²) in [6, 6.07) is 17.3. The first-order chi connectivity index (χ1) is 15.4. The van der Waals surface area contributed by atoms with Crippen molar-refractivity contribution in [2.24, 2.45) is 0 Å². The number of alkyl carbamates (subject to hydrolysis) is 1. The number of nitrogens with one attached hydrogen (secondary N) is 2. The number of ether oxygens (including phenoxy) is 1. The molecule has 4 rings (SSSR count). The minimum atomic E-state index is -0.495. The van der Waals surface area contributed by atoms with Gasteiger partial charge in [-0.1, -0.05) is 36.4 Å². The minimum absolute atomic E-state index is 0.379. The average Bonchev–Trinajstić information content (AvgIpc) is 3.12. The molecule has 2 heterocycles. The molecule has 0 saturated carbocycles. The number of carbonyl (C=O) groups excluding carboxylic acids is 1. The molecule has 1 aromatic heterocycles. The number of amides is 1. The average molecular weight is 435 g/mol. The zero-order valence-electron chi connectivity index (χ0n) is 19.4. The van der Waals surface area contributed by atoms with E-state index in [9.17, 15) is 4.79 Å². The number of fused-ring (bicyclic) bond motifs is 1. The van der Waals surface area contributed by atoms with E-state index in [-0.39, 0.29) is 6.09 Å². The van der Waals surface area contributed by atoms with Crippen molar-refractivity contribution < 1.29 is 9.53 Å². The van der Waals surface area contributed by atoms with Crippen LogP contribution in [-0.2, 0) is 17.8 Å². The second-order valence-corrected chi connectivity index (χ2v) is 9.41. The Morgan fingerprint density at radius 1 is 1.09 bits per heavy atom. The molecule has 3 aromatic rings. The first-order valence-corrected chi connectivity index (χ1v) is 11.5. The van der Waals surface area contributed by atoms with Gasteiger partial charge in [0.05, 0.1) is 0 Å². The monoisotopic (exact) mass is 434 g/mol. The lowest BCUT2D eigenvalue weighted by atomic mass is 10.0. The normalized spacial score (nSPS) is 15.1. The molecule has 1 amide bonds. The van der Waals surface area contributed by atoms with Gasteiger partial charge >= 0.3 is 6.09 Å². The third kappa shape index (κ3) is 5.69. The summed E-state index contributed by atoms with van der Waals surface area (Å²) in [6.45, 7) is 12.0. The number of carbonyl (C=O) groups is 1. The van der Waals surface area contributed by atoms with Crippen molar-refractivity contribution >= 4 is 17.0 Å². The Balaban J connectivity index is 1.56. The van der Waals surface area contributed by atoms with Crippen LogP contribution in [0.4, 0.5) is 4.79 Å². The van der Waals surface area contributed by atoms with Crippen molar-refractivity contribution in [3.8, 4) is 11.1 Å². The Labute approximate surface area is 190 Å². The highest BCUT2D eigenvalue weighted by molar-refractivity contribution is 5.96. The van der Waals surface area contributed by atoms with Crippen LogP contribution in [0.25, 0.3) is 22.0 Å². The van der Waals surface area contributed by atoms with Crippen LogP contribution in [0.2, 0.25) is 0 Å². The third-order valence-electron chi connectivity index (χ3n) is 5.67. The Bertz CT molecular complexity index is 1050. The smallest absolute Gasteiger partial charge is 0.407 e. The van der Waals surface area contributed by atoms with Crippen molar-refractivity contribution in [2.75, 3.05) is 32.7 Å². The highest BCUT2D eigenvalue weighted by atomic mass is 16.6. The molecule has 170 valence electrons. The predicted octanol–water partition coefficient (Wildman–Crippen LogP) is 4.24. The second kappa shape index (κ2) is 9.76. The van der Waals surface area contributed by atoms with Crippen molar-refractivity contribution in [3.05, 3.63) is 60.3 Å². The number of nitrogens with zero attached hydrogens (tertiary/aromatic N) is 2. The fourth-order valence-corrected chi connectivity index (χ4v) is 4.20. The van der Waals surface area contributed by atoms with E-state index in [2.05, 4.69) is 68.8 Å². The molecule has 1 aliphatic rings. The van der Waals surface area contributed by atoms with Gasteiger partial charge in [-0.2, -0.15) is 0 Å². The van der Waals surface area contributed by atoms with Gasteiger partial charge in [-0.15, -0.1) is 0 Å². The van der Waals surface area contributed by atoms with E-state index < -0.39 is 5.60 Å². The third-order valence-corrected chi connectivity index (χ3v) is 5.67. The molecule has 2 aromatic carbocycles. The summed E-state index contributed by atoms with van der Waals surface area (Å²) in [4.78, 5) is 14.5. The molecule has 1 aliphatic heterocycles. The molecule has 6 nitrogen and oxygen atoms in total. The van der Waals surface area contributed by atoms with Crippen LogP contribution in [0, 0.1) is 0 Å². The van der Waals surface area contributed by atoms with E-state index in [0.717, 1.165) is 32.7 Å². The molecule has 0 unspecified atom stereocenters. The Hall–Kier alpha value is -2.83. The van der Waals surface area contributed by atoms with Crippen molar-refractivity contribution in [1.82, 2.24) is 20.1 Å². The number of rotatable bonds is 6. The Kier molecular flexibility index (Phi) is 6.82. The molecule has 32 heavy (non-hydrogen) atoms. The SMILES string of the molecule is CC(C)(C)OC(=O)NCCn1cc(-c2ccccc2)c2cc(CN3CCNCC3)ccc21. The van der Waals surface area contributed by atoms with Gasteiger partial charge < -0.3 is 19.9 Å². The molecule has 1 saturated heterocycles.